The monoisotopic (exact) mass is 218 g/mol. The summed E-state index contributed by atoms with van der Waals surface area (Å²) in [6, 6.07) is 3.12. The van der Waals surface area contributed by atoms with Gasteiger partial charge in [-0.15, -0.1) is 0 Å². The number of nitrogens with zero attached hydrogens (tertiary/aromatic N) is 2. The highest BCUT2D eigenvalue weighted by Gasteiger charge is 2.34. The number of aromatic nitrogens is 1. The van der Waals surface area contributed by atoms with Crippen molar-refractivity contribution in [3.8, 4) is 0 Å². The van der Waals surface area contributed by atoms with Gasteiger partial charge in [-0.05, 0) is 37.3 Å². The minimum absolute atomic E-state index is 0.468. The average molecular weight is 218 g/mol. The Morgan fingerprint density at radius 2 is 2.00 bits per heavy atom. The van der Waals surface area contributed by atoms with Gasteiger partial charge >= 0.3 is 0 Å². The second-order valence-corrected chi connectivity index (χ2v) is 6.53. The van der Waals surface area contributed by atoms with Gasteiger partial charge in [0.1, 0.15) is 0 Å². The second kappa shape index (κ2) is 3.13. The molecule has 0 fully saturated rings. The van der Waals surface area contributed by atoms with Gasteiger partial charge in [0.25, 0.3) is 0 Å². The van der Waals surface area contributed by atoms with Crippen LogP contribution >= 0.6 is 0 Å². The SMILES string of the molecule is CC(C)N1Cc2cc3n(c2C1)CC(C)(C)C3. The van der Waals surface area contributed by atoms with Gasteiger partial charge in [-0.2, -0.15) is 0 Å². The van der Waals surface area contributed by atoms with Crippen LogP contribution in [-0.4, -0.2) is 15.5 Å². The van der Waals surface area contributed by atoms with Crippen molar-refractivity contribution < 1.29 is 0 Å². The van der Waals surface area contributed by atoms with Gasteiger partial charge in [0.2, 0.25) is 0 Å². The van der Waals surface area contributed by atoms with Gasteiger partial charge in [-0.1, -0.05) is 13.8 Å². The van der Waals surface area contributed by atoms with Crippen molar-refractivity contribution in [1.82, 2.24) is 9.47 Å². The summed E-state index contributed by atoms with van der Waals surface area (Å²) < 4.78 is 2.58. The Labute approximate surface area is 98.2 Å². The van der Waals surface area contributed by atoms with E-state index < -0.39 is 0 Å². The molecule has 0 bridgehead atoms. The first kappa shape index (κ1) is 10.4. The van der Waals surface area contributed by atoms with Crippen molar-refractivity contribution in [2.45, 2.75) is 59.8 Å². The van der Waals surface area contributed by atoms with Crippen LogP contribution < -0.4 is 0 Å². The minimum Gasteiger partial charge on any atom is -0.347 e. The zero-order valence-electron chi connectivity index (χ0n) is 10.9. The van der Waals surface area contributed by atoms with Crippen LogP contribution in [0.2, 0.25) is 0 Å². The number of hydrogen-bond donors (Lipinski definition) is 0. The van der Waals surface area contributed by atoms with Gasteiger partial charge < -0.3 is 4.57 Å². The summed E-state index contributed by atoms with van der Waals surface area (Å²) >= 11 is 0. The molecule has 3 rings (SSSR count). The molecule has 0 radical (unpaired) electrons. The van der Waals surface area contributed by atoms with Crippen LogP contribution in [0.1, 0.15) is 44.6 Å². The Morgan fingerprint density at radius 3 is 2.69 bits per heavy atom. The molecular formula is C14H22N2. The summed E-state index contributed by atoms with van der Waals surface area (Å²) in [5.41, 5.74) is 5.21. The molecule has 1 aromatic heterocycles. The summed E-state index contributed by atoms with van der Waals surface area (Å²) in [6.45, 7) is 12.9. The topological polar surface area (TPSA) is 8.17 Å². The van der Waals surface area contributed by atoms with E-state index in [0.717, 1.165) is 13.1 Å². The zero-order chi connectivity index (χ0) is 11.5. The smallest absolute Gasteiger partial charge is 0.0396 e. The standard InChI is InChI=1S/C14H22N2/c1-10(2)15-7-11-5-12-6-14(3,4)9-16(12)13(11)8-15/h5,10H,6-9H2,1-4H3. The lowest BCUT2D eigenvalue weighted by Crippen LogP contribution is -2.25. The van der Waals surface area contributed by atoms with E-state index in [4.69, 9.17) is 0 Å². The van der Waals surface area contributed by atoms with E-state index in [0.29, 0.717) is 11.5 Å². The van der Waals surface area contributed by atoms with Crippen LogP contribution in [0.3, 0.4) is 0 Å². The van der Waals surface area contributed by atoms with Crippen LogP contribution in [0.4, 0.5) is 0 Å². The predicted octanol–water partition coefficient (Wildman–Crippen LogP) is 2.79. The Morgan fingerprint density at radius 1 is 1.25 bits per heavy atom. The largest absolute Gasteiger partial charge is 0.347 e. The maximum atomic E-state index is 2.58. The summed E-state index contributed by atoms with van der Waals surface area (Å²) in [6.07, 6.45) is 1.25. The highest BCUT2D eigenvalue weighted by atomic mass is 15.2. The van der Waals surface area contributed by atoms with E-state index in [9.17, 15) is 0 Å². The molecule has 0 aliphatic carbocycles. The molecule has 0 saturated carbocycles. The number of rotatable bonds is 1. The van der Waals surface area contributed by atoms with E-state index in [-0.39, 0.29) is 0 Å². The van der Waals surface area contributed by atoms with Crippen molar-refractivity contribution in [1.29, 1.82) is 0 Å². The molecule has 0 N–H and O–H groups in total. The average Bonchev–Trinajstić information content (AvgIpc) is 2.72. The molecule has 0 aromatic carbocycles. The molecule has 2 nitrogen and oxygen atoms in total. The van der Waals surface area contributed by atoms with Crippen LogP contribution in [0.25, 0.3) is 0 Å². The van der Waals surface area contributed by atoms with Crippen molar-refractivity contribution in [2.75, 3.05) is 0 Å². The Hall–Kier alpha value is -0.760. The molecule has 0 amide bonds. The summed E-state index contributed by atoms with van der Waals surface area (Å²) in [5.74, 6) is 0. The number of hydrogen-bond acceptors (Lipinski definition) is 1. The third-order valence-electron chi connectivity index (χ3n) is 4.09. The van der Waals surface area contributed by atoms with Crippen molar-refractivity contribution in [3.63, 3.8) is 0 Å². The third kappa shape index (κ3) is 1.43. The molecule has 88 valence electrons. The van der Waals surface area contributed by atoms with Gasteiger partial charge in [0.05, 0.1) is 0 Å². The molecular weight excluding hydrogens is 196 g/mol. The molecule has 0 atom stereocenters. The molecule has 16 heavy (non-hydrogen) atoms. The van der Waals surface area contributed by atoms with Crippen LogP contribution in [0.5, 0.6) is 0 Å². The fourth-order valence-electron chi connectivity index (χ4n) is 3.18. The Balaban J connectivity index is 1.91. The van der Waals surface area contributed by atoms with Gasteiger partial charge in [-0.3, -0.25) is 4.90 Å². The van der Waals surface area contributed by atoms with Crippen molar-refractivity contribution in [2.24, 2.45) is 5.41 Å². The Bertz CT molecular complexity index is 426. The van der Waals surface area contributed by atoms with Crippen molar-refractivity contribution in [3.05, 3.63) is 23.0 Å². The normalized spacial score (nSPS) is 22.8. The van der Waals surface area contributed by atoms with Gasteiger partial charge in [-0.25, -0.2) is 0 Å². The second-order valence-electron chi connectivity index (χ2n) is 6.53. The van der Waals surface area contributed by atoms with Gasteiger partial charge in [0, 0.05) is 37.1 Å². The first-order valence-electron chi connectivity index (χ1n) is 6.40. The molecule has 3 heterocycles. The Kier molecular flexibility index (Phi) is 2.03. The quantitative estimate of drug-likeness (QED) is 0.703. The fraction of sp³-hybridized carbons (Fsp3) is 0.714. The molecule has 2 aliphatic rings. The molecule has 1 aromatic rings. The van der Waals surface area contributed by atoms with Crippen LogP contribution in [0, 0.1) is 5.41 Å². The van der Waals surface area contributed by atoms with Crippen LogP contribution in [0.15, 0.2) is 6.07 Å². The summed E-state index contributed by atoms with van der Waals surface area (Å²) in [7, 11) is 0. The van der Waals surface area contributed by atoms with E-state index in [1.54, 1.807) is 17.0 Å². The lowest BCUT2D eigenvalue weighted by molar-refractivity contribution is 0.222. The molecule has 0 saturated heterocycles. The van der Waals surface area contributed by atoms with Crippen molar-refractivity contribution >= 4 is 0 Å². The minimum atomic E-state index is 0.468. The lowest BCUT2D eigenvalue weighted by atomic mass is 9.91. The predicted molar refractivity (Wildman–Crippen MR) is 66.3 cm³/mol. The van der Waals surface area contributed by atoms with Crippen LogP contribution in [-0.2, 0) is 26.1 Å². The summed E-state index contributed by atoms with van der Waals surface area (Å²) in [5, 5.41) is 0. The maximum Gasteiger partial charge on any atom is 0.0396 e. The lowest BCUT2D eigenvalue weighted by Gasteiger charge is -2.20. The van der Waals surface area contributed by atoms with E-state index in [1.807, 2.05) is 0 Å². The molecule has 2 heteroatoms. The van der Waals surface area contributed by atoms with Gasteiger partial charge in [0.15, 0.2) is 0 Å². The van der Waals surface area contributed by atoms with E-state index in [1.165, 1.54) is 13.0 Å². The molecule has 0 spiro atoms. The maximum absolute atomic E-state index is 2.58. The highest BCUT2D eigenvalue weighted by molar-refractivity contribution is 5.34. The van der Waals surface area contributed by atoms with E-state index in [2.05, 4.69) is 43.2 Å². The molecule has 0 unspecified atom stereocenters. The first-order chi connectivity index (χ1) is 7.46. The fourth-order valence-corrected chi connectivity index (χ4v) is 3.18. The number of fused-ring (bicyclic) bond motifs is 3. The molecule has 2 aliphatic heterocycles. The third-order valence-corrected chi connectivity index (χ3v) is 4.09. The van der Waals surface area contributed by atoms with E-state index >= 15 is 0 Å². The first-order valence-corrected chi connectivity index (χ1v) is 6.40. The highest BCUT2D eigenvalue weighted by Crippen LogP contribution is 2.38. The zero-order valence-corrected chi connectivity index (χ0v) is 10.9. The summed E-state index contributed by atoms with van der Waals surface area (Å²) in [4.78, 5) is 2.56.